The normalized spacial score (nSPS) is 18.9. The van der Waals surface area contributed by atoms with Crippen molar-refractivity contribution in [2.45, 2.75) is 378 Å². The van der Waals surface area contributed by atoms with Gasteiger partial charge in [0.25, 0.3) is 0 Å². The topological polar surface area (TPSA) is 192 Å². The van der Waals surface area contributed by atoms with Crippen molar-refractivity contribution >= 4 is 16.3 Å². The number of ether oxygens (including phenoxy) is 2. The molecule has 0 spiro atoms. The predicted molar refractivity (Wildman–Crippen MR) is 319 cm³/mol. The lowest BCUT2D eigenvalue weighted by atomic mass is 9.99. The van der Waals surface area contributed by atoms with Crippen LogP contribution in [0.2, 0.25) is 0 Å². The Hall–Kier alpha value is -1.16. The van der Waals surface area contributed by atoms with Crippen molar-refractivity contribution in [2.24, 2.45) is 0 Å². The first-order valence-electron chi connectivity index (χ1n) is 33.1. The summed E-state index contributed by atoms with van der Waals surface area (Å²) in [6.45, 7) is 3.52. The predicted octanol–water partition coefficient (Wildman–Crippen LogP) is 16.6. The van der Waals surface area contributed by atoms with Gasteiger partial charge in [0, 0.05) is 6.42 Å². The lowest BCUT2D eigenvalue weighted by Gasteiger charge is -2.41. The Balaban J connectivity index is 2.28. The van der Waals surface area contributed by atoms with Crippen molar-refractivity contribution in [2.75, 3.05) is 13.2 Å². The van der Waals surface area contributed by atoms with Gasteiger partial charge in [0.15, 0.2) is 6.29 Å². The van der Waals surface area contributed by atoms with E-state index in [0.717, 1.165) is 51.4 Å². The molecular weight excluding hydrogens is 991 g/mol. The van der Waals surface area contributed by atoms with E-state index in [-0.39, 0.29) is 12.5 Å². The minimum Gasteiger partial charge on any atom is -0.394 e. The quantitative estimate of drug-likeness (QED) is 0.0193. The highest BCUT2D eigenvalue weighted by molar-refractivity contribution is 7.80. The third-order valence-electron chi connectivity index (χ3n) is 16.1. The fraction of sp³-hybridized carbons (Fsp3) is 0.953. The molecule has 77 heavy (non-hydrogen) atoms. The van der Waals surface area contributed by atoms with E-state index in [1.54, 1.807) is 0 Å². The smallest absolute Gasteiger partial charge is 0.394 e. The number of hydrogen-bond donors (Lipinski definition) is 6. The number of hydrogen-bond acceptors (Lipinski definition) is 10. The number of rotatable bonds is 59. The fourth-order valence-electron chi connectivity index (χ4n) is 11.0. The van der Waals surface area contributed by atoms with Gasteiger partial charge >= 0.3 is 10.4 Å². The summed E-state index contributed by atoms with van der Waals surface area (Å²) in [5, 5.41) is 45.3. The number of amides is 1. The molecule has 1 heterocycles. The summed E-state index contributed by atoms with van der Waals surface area (Å²) in [4.78, 5) is 13.2. The Morgan fingerprint density at radius 2 is 0.831 bits per heavy atom. The summed E-state index contributed by atoms with van der Waals surface area (Å²) in [7, 11) is -5.08. The first kappa shape index (κ1) is 73.9. The lowest BCUT2D eigenvalue weighted by Crippen LogP contribution is -2.61. The number of nitrogens with one attached hydrogen (secondary N) is 1. The fourth-order valence-corrected chi connectivity index (χ4v) is 11.5. The first-order chi connectivity index (χ1) is 37.5. The van der Waals surface area contributed by atoms with E-state index in [1.807, 2.05) is 0 Å². The van der Waals surface area contributed by atoms with Crippen molar-refractivity contribution in [3.8, 4) is 0 Å². The van der Waals surface area contributed by atoms with Gasteiger partial charge in [-0.2, -0.15) is 8.42 Å². The molecule has 0 bridgehead atoms. The highest BCUT2D eigenvalue weighted by atomic mass is 32.3. The van der Waals surface area contributed by atoms with Gasteiger partial charge in [-0.1, -0.05) is 302 Å². The summed E-state index contributed by atoms with van der Waals surface area (Å²) in [6, 6.07) is -0.859. The van der Waals surface area contributed by atoms with E-state index in [2.05, 4.69) is 35.5 Å². The summed E-state index contributed by atoms with van der Waals surface area (Å²) in [5.41, 5.74) is 0. The van der Waals surface area contributed by atoms with E-state index >= 15 is 0 Å². The molecule has 1 saturated heterocycles. The van der Waals surface area contributed by atoms with Gasteiger partial charge < -0.3 is 35.2 Å². The van der Waals surface area contributed by atoms with Crippen LogP contribution < -0.4 is 5.32 Å². The molecule has 0 saturated carbocycles. The van der Waals surface area contributed by atoms with Crippen molar-refractivity contribution in [1.29, 1.82) is 0 Å². The van der Waals surface area contributed by atoms with Gasteiger partial charge in [-0.25, -0.2) is 4.18 Å². The van der Waals surface area contributed by atoms with Crippen LogP contribution in [0.1, 0.15) is 335 Å². The molecule has 0 aromatic heterocycles. The Bertz CT molecular complexity index is 1400. The monoisotopic (exact) mass is 1120 g/mol. The van der Waals surface area contributed by atoms with Crippen molar-refractivity contribution < 1.29 is 51.8 Å². The molecule has 1 aliphatic heterocycles. The van der Waals surface area contributed by atoms with E-state index in [0.29, 0.717) is 12.8 Å². The minimum absolute atomic E-state index is 0.225. The van der Waals surface area contributed by atoms with Gasteiger partial charge in [0.05, 0.1) is 25.4 Å². The maximum absolute atomic E-state index is 13.2. The Morgan fingerprint density at radius 3 is 1.17 bits per heavy atom. The molecule has 1 fully saturated rings. The summed E-state index contributed by atoms with van der Waals surface area (Å²) < 4.78 is 48.1. The zero-order valence-corrected chi connectivity index (χ0v) is 50.9. The number of aliphatic hydroxyl groups excluding tert-OH is 4. The van der Waals surface area contributed by atoms with Crippen molar-refractivity contribution in [3.05, 3.63) is 12.2 Å². The van der Waals surface area contributed by atoms with Crippen molar-refractivity contribution in [3.63, 3.8) is 0 Å². The van der Waals surface area contributed by atoms with Crippen LogP contribution in [0.15, 0.2) is 12.2 Å². The molecule has 0 aliphatic carbocycles. The molecule has 1 amide bonds. The highest BCUT2D eigenvalue weighted by Gasteiger charge is 2.48. The molecule has 6 N–H and O–H groups in total. The Morgan fingerprint density at radius 1 is 0.506 bits per heavy atom. The van der Waals surface area contributed by atoms with Crippen molar-refractivity contribution in [1.82, 2.24) is 5.32 Å². The molecule has 0 radical (unpaired) electrons. The van der Waals surface area contributed by atoms with E-state index in [1.165, 1.54) is 257 Å². The average Bonchev–Trinajstić information content (AvgIpc) is 3.41. The average molecular weight is 1120 g/mol. The molecule has 7 unspecified atom stereocenters. The summed E-state index contributed by atoms with van der Waals surface area (Å²) in [5.74, 6) is -0.225. The third-order valence-corrected chi connectivity index (χ3v) is 16.5. The van der Waals surface area contributed by atoms with E-state index in [9.17, 15) is 38.2 Å². The zero-order valence-electron chi connectivity index (χ0n) is 50.1. The first-order valence-corrected chi connectivity index (χ1v) is 34.4. The second-order valence-corrected chi connectivity index (χ2v) is 24.5. The van der Waals surface area contributed by atoms with Crippen LogP contribution in [0.3, 0.4) is 0 Å². The van der Waals surface area contributed by atoms with Crippen LogP contribution >= 0.6 is 0 Å². The molecule has 12 nitrogen and oxygen atoms in total. The second-order valence-electron chi connectivity index (χ2n) is 23.4. The van der Waals surface area contributed by atoms with Gasteiger partial charge in [-0.15, -0.1) is 0 Å². The standard InChI is InChI=1S/C64H125NO11S/c1-3-5-7-9-11-13-15-17-19-21-23-25-27-29-31-33-35-37-39-41-43-45-47-49-51-53-58(67)57(56-74-64-62(70)63(76-77(71,72)73)61(69)59(55-66)75-64)65-60(68)54-52-50-48-46-44-42-40-38-36-34-32-30-28-26-24-22-20-18-16-14-12-10-8-6-4-2/h30,32,57-59,61-64,66-67,69-70H,3-29,31,33-56H2,1-2H3,(H,65,68)(H,71,72,73)/b32-30-. The number of allylic oxidation sites excluding steroid dienone is 2. The van der Waals surface area contributed by atoms with Gasteiger partial charge in [-0.3, -0.25) is 9.35 Å². The second kappa shape index (κ2) is 54.1. The van der Waals surface area contributed by atoms with Crippen LogP contribution in [0.4, 0.5) is 0 Å². The van der Waals surface area contributed by atoms with E-state index in [4.69, 9.17) is 9.47 Å². The maximum Gasteiger partial charge on any atom is 0.397 e. The van der Waals surface area contributed by atoms with Gasteiger partial charge in [-0.05, 0) is 38.5 Å². The molecule has 7 atom stereocenters. The number of aliphatic hydroxyl groups is 4. The number of carbonyl (C=O) groups excluding carboxylic acids is 1. The van der Waals surface area contributed by atoms with Gasteiger partial charge in [0.2, 0.25) is 5.91 Å². The lowest BCUT2D eigenvalue weighted by molar-refractivity contribution is -0.298. The SMILES string of the molecule is CCCCCCCCCCCCCC/C=C\CCCCCCCCCCCC(=O)NC(COC1OC(CO)C(O)C(OS(=O)(=O)O)C1O)C(O)CCCCCCCCCCCCCCCCCCCCCCCCCCC. The van der Waals surface area contributed by atoms with Crippen LogP contribution in [-0.2, 0) is 28.9 Å². The maximum atomic E-state index is 13.2. The molecule has 0 aromatic carbocycles. The number of unbranched alkanes of at least 4 members (excludes halogenated alkanes) is 45. The summed E-state index contributed by atoms with van der Waals surface area (Å²) >= 11 is 0. The van der Waals surface area contributed by atoms with Crippen LogP contribution in [0.25, 0.3) is 0 Å². The van der Waals surface area contributed by atoms with Crippen LogP contribution in [0.5, 0.6) is 0 Å². The molecule has 1 aliphatic rings. The Kier molecular flexibility index (Phi) is 51.9. The minimum atomic E-state index is -5.08. The van der Waals surface area contributed by atoms with Crippen LogP contribution in [0, 0.1) is 0 Å². The molecule has 0 aromatic rings. The number of carbonyl (C=O) groups is 1. The molecule has 458 valence electrons. The molecule has 13 heteroatoms. The largest absolute Gasteiger partial charge is 0.397 e. The van der Waals surface area contributed by atoms with Crippen LogP contribution in [-0.4, -0.2) is 95.4 Å². The Labute approximate surface area is 474 Å². The molecule has 1 rings (SSSR count). The molecular formula is C64H125NO11S. The van der Waals surface area contributed by atoms with Gasteiger partial charge in [0.1, 0.15) is 24.4 Å². The third kappa shape index (κ3) is 46.1. The summed E-state index contributed by atoms with van der Waals surface area (Å²) in [6.07, 6.45) is 58.0. The zero-order chi connectivity index (χ0) is 56.1. The highest BCUT2D eigenvalue weighted by Crippen LogP contribution is 2.26. The van der Waals surface area contributed by atoms with E-state index < -0.39 is 59.9 Å².